The number of carbonyl (C=O) groups is 1. The molecule has 0 aromatic heterocycles. The average molecular weight is 328 g/mol. The monoisotopic (exact) mass is 328 g/mol. The Labute approximate surface area is 132 Å². The first-order chi connectivity index (χ1) is 9.91. The molecule has 0 aliphatic heterocycles. The SMILES string of the molecule is CC(C)(C)OC(=O)C(C)(C)COS(=O)(=O)Cc1ccccc1. The molecule has 0 aliphatic rings. The van der Waals surface area contributed by atoms with Crippen LogP contribution < -0.4 is 0 Å². The first-order valence-corrected chi connectivity index (χ1v) is 8.63. The Bertz CT molecular complexity index is 597. The third-order valence-corrected chi connectivity index (χ3v) is 3.90. The van der Waals surface area contributed by atoms with Gasteiger partial charge < -0.3 is 4.74 Å². The Hall–Kier alpha value is -1.40. The van der Waals surface area contributed by atoms with Crippen molar-refractivity contribution < 1.29 is 22.1 Å². The summed E-state index contributed by atoms with van der Waals surface area (Å²) in [5.74, 6) is -0.715. The molecule has 1 aromatic carbocycles. The lowest BCUT2D eigenvalue weighted by atomic mass is 9.95. The molecule has 1 rings (SSSR count). The number of ether oxygens (including phenoxy) is 1. The minimum Gasteiger partial charge on any atom is -0.459 e. The fourth-order valence-corrected chi connectivity index (χ4v) is 2.69. The lowest BCUT2D eigenvalue weighted by Crippen LogP contribution is -2.37. The molecule has 5 nitrogen and oxygen atoms in total. The molecule has 0 spiro atoms. The van der Waals surface area contributed by atoms with Crippen LogP contribution in [0.3, 0.4) is 0 Å². The van der Waals surface area contributed by atoms with E-state index in [9.17, 15) is 13.2 Å². The lowest BCUT2D eigenvalue weighted by molar-refractivity contribution is -0.167. The van der Waals surface area contributed by atoms with Crippen molar-refractivity contribution in [2.45, 2.75) is 46.0 Å². The van der Waals surface area contributed by atoms with E-state index in [0.29, 0.717) is 5.56 Å². The molecule has 124 valence electrons. The molecular formula is C16H24O5S. The quantitative estimate of drug-likeness (QED) is 0.593. The molecule has 0 bridgehead atoms. The molecule has 0 saturated carbocycles. The zero-order valence-electron chi connectivity index (χ0n) is 13.8. The maximum atomic E-state index is 12.1. The number of hydrogen-bond donors (Lipinski definition) is 0. The summed E-state index contributed by atoms with van der Waals surface area (Å²) in [4.78, 5) is 12.1. The Morgan fingerprint density at radius 2 is 1.59 bits per heavy atom. The van der Waals surface area contributed by atoms with Gasteiger partial charge in [0.05, 0.1) is 12.0 Å². The highest BCUT2D eigenvalue weighted by atomic mass is 32.2. The van der Waals surface area contributed by atoms with Crippen LogP contribution in [0.2, 0.25) is 0 Å². The second kappa shape index (κ2) is 6.79. The normalized spacial score (nSPS) is 13.0. The van der Waals surface area contributed by atoms with Gasteiger partial charge in [-0.3, -0.25) is 8.98 Å². The van der Waals surface area contributed by atoms with Crippen molar-refractivity contribution in [3.63, 3.8) is 0 Å². The van der Waals surface area contributed by atoms with Gasteiger partial charge in [-0.1, -0.05) is 30.3 Å². The van der Waals surface area contributed by atoms with E-state index >= 15 is 0 Å². The predicted octanol–water partition coefficient (Wildman–Crippen LogP) is 2.90. The van der Waals surface area contributed by atoms with Crippen molar-refractivity contribution in [2.75, 3.05) is 6.61 Å². The second-order valence-electron chi connectivity index (χ2n) is 6.84. The summed E-state index contributed by atoms with van der Waals surface area (Å²) < 4.78 is 34.2. The lowest BCUT2D eigenvalue weighted by Gasteiger charge is -2.28. The third kappa shape index (κ3) is 6.58. The molecule has 0 saturated heterocycles. The maximum Gasteiger partial charge on any atom is 0.314 e. The van der Waals surface area contributed by atoms with Gasteiger partial charge in [-0.15, -0.1) is 0 Å². The summed E-state index contributed by atoms with van der Waals surface area (Å²) in [5.41, 5.74) is -1.04. The molecule has 0 atom stereocenters. The van der Waals surface area contributed by atoms with Crippen LogP contribution in [-0.2, 0) is 29.6 Å². The van der Waals surface area contributed by atoms with Gasteiger partial charge in [0.15, 0.2) is 0 Å². The van der Waals surface area contributed by atoms with Gasteiger partial charge >= 0.3 is 5.97 Å². The first kappa shape index (κ1) is 18.6. The van der Waals surface area contributed by atoms with Crippen molar-refractivity contribution in [1.29, 1.82) is 0 Å². The van der Waals surface area contributed by atoms with E-state index in [1.54, 1.807) is 58.9 Å². The van der Waals surface area contributed by atoms with Crippen LogP contribution in [0.1, 0.15) is 40.2 Å². The fraction of sp³-hybridized carbons (Fsp3) is 0.562. The number of esters is 1. The van der Waals surface area contributed by atoms with Crippen LogP contribution in [0, 0.1) is 5.41 Å². The highest BCUT2D eigenvalue weighted by molar-refractivity contribution is 7.85. The number of benzene rings is 1. The minimum absolute atomic E-state index is 0.224. The van der Waals surface area contributed by atoms with Crippen LogP contribution >= 0.6 is 0 Å². The second-order valence-corrected chi connectivity index (χ2v) is 8.48. The van der Waals surface area contributed by atoms with Crippen LogP contribution in [0.15, 0.2) is 30.3 Å². The van der Waals surface area contributed by atoms with Crippen molar-refractivity contribution >= 4 is 16.1 Å². The highest BCUT2D eigenvalue weighted by Gasteiger charge is 2.34. The summed E-state index contributed by atoms with van der Waals surface area (Å²) in [6, 6.07) is 8.74. The van der Waals surface area contributed by atoms with Crippen LogP contribution in [0.5, 0.6) is 0 Å². The van der Waals surface area contributed by atoms with Gasteiger partial charge in [0.2, 0.25) is 0 Å². The van der Waals surface area contributed by atoms with Crippen LogP contribution in [0.4, 0.5) is 0 Å². The smallest absolute Gasteiger partial charge is 0.314 e. The Morgan fingerprint density at radius 3 is 2.09 bits per heavy atom. The van der Waals surface area contributed by atoms with Gasteiger partial charge in [-0.2, -0.15) is 8.42 Å². The first-order valence-electron chi connectivity index (χ1n) is 7.06. The van der Waals surface area contributed by atoms with Gasteiger partial charge in [-0.25, -0.2) is 0 Å². The Balaban J connectivity index is 2.65. The molecule has 0 unspecified atom stereocenters. The Morgan fingerprint density at radius 1 is 1.05 bits per heavy atom. The fourth-order valence-electron chi connectivity index (χ4n) is 1.53. The van der Waals surface area contributed by atoms with E-state index in [-0.39, 0.29) is 12.4 Å². The molecular weight excluding hydrogens is 304 g/mol. The molecule has 22 heavy (non-hydrogen) atoms. The molecule has 0 radical (unpaired) electrons. The van der Waals surface area contributed by atoms with Crippen LogP contribution in [-0.4, -0.2) is 26.6 Å². The van der Waals surface area contributed by atoms with Crippen LogP contribution in [0.25, 0.3) is 0 Å². The van der Waals surface area contributed by atoms with E-state index in [4.69, 9.17) is 8.92 Å². The minimum atomic E-state index is -3.75. The number of carbonyl (C=O) groups excluding carboxylic acids is 1. The standard InChI is InChI=1S/C16H24O5S/c1-15(2,3)21-14(17)16(4,5)12-20-22(18,19)11-13-9-7-6-8-10-13/h6-10H,11-12H2,1-5H3. The topological polar surface area (TPSA) is 69.7 Å². The molecule has 1 aromatic rings. The highest BCUT2D eigenvalue weighted by Crippen LogP contribution is 2.23. The third-order valence-electron chi connectivity index (χ3n) is 2.74. The summed E-state index contributed by atoms with van der Waals surface area (Å²) in [7, 11) is -3.75. The summed E-state index contributed by atoms with van der Waals surface area (Å²) in [5, 5.41) is 0. The Kier molecular flexibility index (Phi) is 5.76. The summed E-state index contributed by atoms with van der Waals surface area (Å²) in [6.45, 7) is 8.21. The van der Waals surface area contributed by atoms with Gasteiger partial charge in [0.25, 0.3) is 10.1 Å². The van der Waals surface area contributed by atoms with Crippen molar-refractivity contribution in [2.24, 2.45) is 5.41 Å². The molecule has 0 N–H and O–H groups in total. The average Bonchev–Trinajstić information content (AvgIpc) is 2.35. The molecule has 0 heterocycles. The predicted molar refractivity (Wildman–Crippen MR) is 84.6 cm³/mol. The molecule has 0 aliphatic carbocycles. The number of hydrogen-bond acceptors (Lipinski definition) is 5. The van der Waals surface area contributed by atoms with Gasteiger partial charge in [-0.05, 0) is 40.2 Å². The van der Waals surface area contributed by atoms with Gasteiger partial charge in [0, 0.05) is 0 Å². The van der Waals surface area contributed by atoms with E-state index in [2.05, 4.69) is 0 Å². The van der Waals surface area contributed by atoms with Crippen molar-refractivity contribution in [1.82, 2.24) is 0 Å². The maximum absolute atomic E-state index is 12.1. The largest absolute Gasteiger partial charge is 0.459 e. The summed E-state index contributed by atoms with van der Waals surface area (Å²) >= 11 is 0. The number of rotatable bonds is 6. The van der Waals surface area contributed by atoms with Crippen molar-refractivity contribution in [3.8, 4) is 0 Å². The van der Waals surface area contributed by atoms with E-state index in [1.807, 2.05) is 6.07 Å². The summed E-state index contributed by atoms with van der Waals surface area (Å²) in [6.07, 6.45) is 0. The van der Waals surface area contributed by atoms with E-state index in [1.165, 1.54) is 0 Å². The zero-order chi connectivity index (χ0) is 17.0. The van der Waals surface area contributed by atoms with E-state index in [0.717, 1.165) is 0 Å². The zero-order valence-corrected chi connectivity index (χ0v) is 14.6. The molecule has 0 amide bonds. The molecule has 6 heteroatoms. The van der Waals surface area contributed by atoms with E-state index < -0.39 is 27.1 Å². The van der Waals surface area contributed by atoms with Gasteiger partial charge in [0.1, 0.15) is 11.4 Å². The molecule has 0 fully saturated rings. The van der Waals surface area contributed by atoms with Crippen molar-refractivity contribution in [3.05, 3.63) is 35.9 Å².